The van der Waals surface area contributed by atoms with Crippen molar-refractivity contribution >= 4 is 24.2 Å². The van der Waals surface area contributed by atoms with E-state index in [4.69, 9.17) is 10.5 Å². The van der Waals surface area contributed by atoms with Crippen LogP contribution in [0.5, 0.6) is 5.75 Å². The first-order valence-corrected chi connectivity index (χ1v) is 8.61. The van der Waals surface area contributed by atoms with Gasteiger partial charge in [0.25, 0.3) is 5.91 Å². The van der Waals surface area contributed by atoms with Crippen molar-refractivity contribution in [3.63, 3.8) is 0 Å². The maximum absolute atomic E-state index is 12.3. The summed E-state index contributed by atoms with van der Waals surface area (Å²) in [4.78, 5) is 26.1. The van der Waals surface area contributed by atoms with Crippen LogP contribution in [-0.2, 0) is 16.0 Å². The number of piperidine rings is 1. The molecule has 0 aliphatic carbocycles. The average molecular weight is 370 g/mol. The van der Waals surface area contributed by atoms with Crippen LogP contribution in [0, 0.1) is 5.92 Å². The molecule has 2 rings (SSSR count). The third kappa shape index (κ3) is 6.55. The lowest BCUT2D eigenvalue weighted by molar-refractivity contribution is -0.137. The number of aryl methyl sites for hydroxylation is 1. The van der Waals surface area contributed by atoms with Gasteiger partial charge in [-0.2, -0.15) is 0 Å². The zero-order valence-corrected chi connectivity index (χ0v) is 15.5. The van der Waals surface area contributed by atoms with Crippen LogP contribution in [0.3, 0.4) is 0 Å². The summed E-state index contributed by atoms with van der Waals surface area (Å²) in [5.41, 5.74) is 6.63. The van der Waals surface area contributed by atoms with Crippen LogP contribution in [0.1, 0.15) is 25.3 Å². The van der Waals surface area contributed by atoms with Gasteiger partial charge < -0.3 is 20.7 Å². The Labute approximate surface area is 155 Å². The van der Waals surface area contributed by atoms with E-state index < -0.39 is 0 Å². The Bertz CT molecular complexity index is 551. The van der Waals surface area contributed by atoms with Gasteiger partial charge in [0, 0.05) is 26.2 Å². The largest absolute Gasteiger partial charge is 0.484 e. The van der Waals surface area contributed by atoms with Gasteiger partial charge in [0.1, 0.15) is 5.75 Å². The Hall–Kier alpha value is -1.79. The maximum Gasteiger partial charge on any atom is 0.260 e. The van der Waals surface area contributed by atoms with Gasteiger partial charge in [0.15, 0.2) is 6.61 Å². The second-order valence-electron chi connectivity index (χ2n) is 6.04. The fraction of sp³-hybridized carbons (Fsp3) is 0.556. The lowest BCUT2D eigenvalue weighted by Gasteiger charge is -2.32. The van der Waals surface area contributed by atoms with Gasteiger partial charge >= 0.3 is 0 Å². The SMILES string of the molecule is CCc1ccc(OCC(=O)N2CCCC(C(=O)NCCN)C2)cc1.Cl. The molecule has 1 atom stereocenters. The molecule has 0 radical (unpaired) electrons. The van der Waals surface area contributed by atoms with Gasteiger partial charge in [-0.25, -0.2) is 0 Å². The van der Waals surface area contributed by atoms with Crippen molar-refractivity contribution in [1.82, 2.24) is 10.2 Å². The number of hydrogen-bond acceptors (Lipinski definition) is 4. The first-order chi connectivity index (χ1) is 11.6. The van der Waals surface area contributed by atoms with Crippen molar-refractivity contribution in [1.29, 1.82) is 0 Å². The van der Waals surface area contributed by atoms with E-state index in [2.05, 4.69) is 12.2 Å². The molecule has 25 heavy (non-hydrogen) atoms. The molecule has 1 unspecified atom stereocenters. The van der Waals surface area contributed by atoms with E-state index in [1.165, 1.54) is 5.56 Å². The van der Waals surface area contributed by atoms with Crippen molar-refractivity contribution in [2.45, 2.75) is 26.2 Å². The molecule has 1 saturated heterocycles. The first-order valence-electron chi connectivity index (χ1n) is 8.61. The molecule has 0 aromatic heterocycles. The minimum Gasteiger partial charge on any atom is -0.484 e. The smallest absolute Gasteiger partial charge is 0.260 e. The lowest BCUT2D eigenvalue weighted by atomic mass is 9.97. The molecule has 1 aliphatic rings. The number of benzene rings is 1. The third-order valence-corrected chi connectivity index (χ3v) is 4.28. The van der Waals surface area contributed by atoms with Crippen molar-refractivity contribution in [2.24, 2.45) is 11.7 Å². The Morgan fingerprint density at radius 1 is 1.32 bits per heavy atom. The molecule has 1 fully saturated rings. The number of hydrogen-bond donors (Lipinski definition) is 2. The van der Waals surface area contributed by atoms with Crippen molar-refractivity contribution in [3.8, 4) is 5.75 Å². The first kappa shape index (κ1) is 21.3. The molecule has 1 aliphatic heterocycles. The van der Waals surface area contributed by atoms with Gasteiger partial charge in [0.2, 0.25) is 5.91 Å². The standard InChI is InChI=1S/C18H27N3O3.ClH/c1-2-14-5-7-16(8-6-14)24-13-17(22)21-11-3-4-15(12-21)18(23)20-10-9-19;/h5-8,15H,2-4,9-13,19H2,1H3,(H,20,23);1H. The Morgan fingerprint density at radius 2 is 2.04 bits per heavy atom. The molecule has 0 bridgehead atoms. The zero-order chi connectivity index (χ0) is 17.4. The van der Waals surface area contributed by atoms with E-state index in [-0.39, 0.29) is 36.7 Å². The molecular formula is C18H28ClN3O3. The number of nitrogens with one attached hydrogen (secondary N) is 1. The van der Waals surface area contributed by atoms with Crippen LogP contribution in [0.2, 0.25) is 0 Å². The van der Waals surface area contributed by atoms with Crippen LogP contribution in [-0.4, -0.2) is 49.5 Å². The van der Waals surface area contributed by atoms with E-state index in [0.29, 0.717) is 31.9 Å². The van der Waals surface area contributed by atoms with Crippen LogP contribution in [0.25, 0.3) is 0 Å². The number of amides is 2. The number of carbonyl (C=O) groups is 2. The molecule has 2 amide bonds. The van der Waals surface area contributed by atoms with Gasteiger partial charge in [-0.3, -0.25) is 9.59 Å². The number of ether oxygens (including phenoxy) is 1. The van der Waals surface area contributed by atoms with E-state index >= 15 is 0 Å². The summed E-state index contributed by atoms with van der Waals surface area (Å²) in [5, 5.41) is 2.80. The fourth-order valence-electron chi connectivity index (χ4n) is 2.82. The van der Waals surface area contributed by atoms with Gasteiger partial charge in [0.05, 0.1) is 5.92 Å². The predicted octanol–water partition coefficient (Wildman–Crippen LogP) is 1.36. The summed E-state index contributed by atoms with van der Waals surface area (Å²) in [6.07, 6.45) is 2.61. The topological polar surface area (TPSA) is 84.7 Å². The number of carbonyl (C=O) groups excluding carboxylic acids is 2. The predicted molar refractivity (Wildman–Crippen MR) is 99.9 cm³/mol. The molecular weight excluding hydrogens is 342 g/mol. The highest BCUT2D eigenvalue weighted by Gasteiger charge is 2.28. The molecule has 140 valence electrons. The van der Waals surface area contributed by atoms with E-state index in [1.807, 2.05) is 24.3 Å². The van der Waals surface area contributed by atoms with Gasteiger partial charge in [-0.1, -0.05) is 19.1 Å². The summed E-state index contributed by atoms with van der Waals surface area (Å²) < 4.78 is 5.57. The zero-order valence-electron chi connectivity index (χ0n) is 14.7. The lowest BCUT2D eigenvalue weighted by Crippen LogP contribution is -2.47. The molecule has 0 spiro atoms. The number of halogens is 1. The summed E-state index contributed by atoms with van der Waals surface area (Å²) in [5.74, 6) is 0.438. The minimum absolute atomic E-state index is 0. The van der Waals surface area contributed by atoms with Crippen LogP contribution in [0.4, 0.5) is 0 Å². The normalized spacial score (nSPS) is 16.7. The second kappa shape index (κ2) is 10.9. The number of nitrogens with two attached hydrogens (primary N) is 1. The molecule has 6 nitrogen and oxygen atoms in total. The minimum atomic E-state index is -0.155. The maximum atomic E-state index is 12.3. The summed E-state index contributed by atoms with van der Waals surface area (Å²) in [6, 6.07) is 7.76. The van der Waals surface area contributed by atoms with Crippen molar-refractivity contribution < 1.29 is 14.3 Å². The molecule has 1 heterocycles. The Balaban J connectivity index is 0.00000312. The Kier molecular flexibility index (Phi) is 9.31. The fourth-order valence-corrected chi connectivity index (χ4v) is 2.82. The van der Waals surface area contributed by atoms with Gasteiger partial charge in [-0.05, 0) is 37.0 Å². The Morgan fingerprint density at radius 3 is 2.68 bits per heavy atom. The highest BCUT2D eigenvalue weighted by atomic mass is 35.5. The number of likely N-dealkylation sites (tertiary alicyclic amines) is 1. The molecule has 3 N–H and O–H groups in total. The van der Waals surface area contributed by atoms with Crippen LogP contribution in [0.15, 0.2) is 24.3 Å². The third-order valence-electron chi connectivity index (χ3n) is 4.28. The van der Waals surface area contributed by atoms with Crippen LogP contribution >= 0.6 is 12.4 Å². The summed E-state index contributed by atoms with van der Waals surface area (Å²) in [6.45, 7) is 4.12. The summed E-state index contributed by atoms with van der Waals surface area (Å²) in [7, 11) is 0. The highest BCUT2D eigenvalue weighted by molar-refractivity contribution is 5.85. The van der Waals surface area contributed by atoms with E-state index in [9.17, 15) is 9.59 Å². The molecule has 1 aromatic rings. The highest BCUT2D eigenvalue weighted by Crippen LogP contribution is 2.17. The van der Waals surface area contributed by atoms with E-state index in [1.54, 1.807) is 4.90 Å². The quantitative estimate of drug-likeness (QED) is 0.760. The molecule has 1 aromatic carbocycles. The number of rotatable bonds is 7. The molecule has 0 saturated carbocycles. The van der Waals surface area contributed by atoms with Crippen molar-refractivity contribution in [2.75, 3.05) is 32.8 Å². The van der Waals surface area contributed by atoms with Crippen molar-refractivity contribution in [3.05, 3.63) is 29.8 Å². The second-order valence-corrected chi connectivity index (χ2v) is 6.04. The van der Waals surface area contributed by atoms with Crippen LogP contribution < -0.4 is 15.8 Å². The van der Waals surface area contributed by atoms with Gasteiger partial charge in [-0.15, -0.1) is 12.4 Å². The monoisotopic (exact) mass is 369 g/mol. The number of nitrogens with zero attached hydrogens (tertiary/aromatic N) is 1. The van der Waals surface area contributed by atoms with E-state index in [0.717, 1.165) is 19.3 Å². The summed E-state index contributed by atoms with van der Waals surface area (Å²) >= 11 is 0. The molecule has 7 heteroatoms. The average Bonchev–Trinajstić information content (AvgIpc) is 2.64.